The maximum atomic E-state index is 11.2. The van der Waals surface area contributed by atoms with Crippen molar-refractivity contribution >= 4 is 25.6 Å². The topological polar surface area (TPSA) is 113 Å². The molecule has 0 fully saturated rings. The Bertz CT molecular complexity index is 750. The second-order valence-electron chi connectivity index (χ2n) is 4.05. The first-order valence-corrected chi connectivity index (χ1v) is 7.72. The molecule has 0 atom stereocenters. The number of hydrogen-bond donors (Lipinski definition) is 0. The largest absolute Gasteiger partial charge is 0.410 e. The summed E-state index contributed by atoms with van der Waals surface area (Å²) in [6.07, 6.45) is 5.00. The lowest BCUT2D eigenvalue weighted by Gasteiger charge is -1.94. The number of rotatable bonds is 5. The van der Waals surface area contributed by atoms with Gasteiger partial charge in [-0.1, -0.05) is 0 Å². The molecule has 20 heavy (non-hydrogen) atoms. The Morgan fingerprint density at radius 3 is 2.60 bits per heavy atom. The van der Waals surface area contributed by atoms with Crippen LogP contribution in [-0.4, -0.2) is 32.9 Å². The number of nitrogens with zero attached hydrogens (tertiary/aromatic N) is 5. The van der Waals surface area contributed by atoms with E-state index in [0.717, 1.165) is 11.8 Å². The Balaban J connectivity index is 2.23. The average molecular weight is 320 g/mol. The molecule has 0 aliphatic rings. The van der Waals surface area contributed by atoms with Gasteiger partial charge >= 0.3 is 5.82 Å². The molecule has 2 aromatic rings. The third-order valence-corrected chi connectivity index (χ3v) is 3.85. The van der Waals surface area contributed by atoms with Crippen molar-refractivity contribution in [1.82, 2.24) is 19.6 Å². The lowest BCUT2D eigenvalue weighted by Crippen LogP contribution is -2.02. The summed E-state index contributed by atoms with van der Waals surface area (Å²) in [5, 5.41) is 18.4. The van der Waals surface area contributed by atoms with Crippen LogP contribution in [0.2, 0.25) is 0 Å². The van der Waals surface area contributed by atoms with Crippen molar-refractivity contribution in [3.63, 3.8) is 0 Å². The van der Waals surface area contributed by atoms with Crippen molar-refractivity contribution in [2.24, 2.45) is 7.05 Å². The predicted molar refractivity (Wildman–Crippen MR) is 68.8 cm³/mol. The molecule has 0 N–H and O–H groups in total. The highest BCUT2D eigenvalue weighted by Gasteiger charge is 2.29. The molecule has 0 aliphatic heterocycles. The maximum absolute atomic E-state index is 11.2. The van der Waals surface area contributed by atoms with E-state index in [0.29, 0.717) is 6.42 Å². The van der Waals surface area contributed by atoms with Gasteiger partial charge in [0.15, 0.2) is 0 Å². The average Bonchev–Trinajstić information content (AvgIpc) is 2.91. The molecule has 0 bridgehead atoms. The summed E-state index contributed by atoms with van der Waals surface area (Å²) in [6.45, 7) is 0.277. The van der Waals surface area contributed by atoms with Gasteiger partial charge in [0, 0.05) is 23.9 Å². The Kier molecular flexibility index (Phi) is 3.77. The highest BCUT2D eigenvalue weighted by Crippen LogP contribution is 2.25. The first-order chi connectivity index (χ1) is 9.27. The molecule has 0 saturated heterocycles. The normalized spacial score (nSPS) is 11.7. The van der Waals surface area contributed by atoms with Gasteiger partial charge in [-0.05, 0) is 16.9 Å². The van der Waals surface area contributed by atoms with Gasteiger partial charge in [0.25, 0.3) is 9.05 Å². The van der Waals surface area contributed by atoms with Gasteiger partial charge in [0.1, 0.15) is 0 Å². The number of aromatic nitrogens is 4. The monoisotopic (exact) mass is 319 g/mol. The molecule has 0 aliphatic carbocycles. The van der Waals surface area contributed by atoms with Gasteiger partial charge in [0.2, 0.25) is 4.90 Å². The summed E-state index contributed by atoms with van der Waals surface area (Å²) in [7, 11) is 2.70. The minimum Gasteiger partial charge on any atom is -0.358 e. The minimum absolute atomic E-state index is 0.277. The summed E-state index contributed by atoms with van der Waals surface area (Å²) in [6, 6.07) is 0. The van der Waals surface area contributed by atoms with Crippen LogP contribution in [0.15, 0.2) is 23.5 Å². The molecule has 108 valence electrons. The molecule has 2 aromatic heterocycles. The predicted octanol–water partition coefficient (Wildman–Crippen LogP) is 0.695. The highest BCUT2D eigenvalue weighted by atomic mass is 35.7. The quantitative estimate of drug-likeness (QED) is 0.455. The Labute approximate surface area is 118 Å². The molecule has 2 rings (SSSR count). The Hall–Kier alpha value is -1.94. The number of nitro groups is 1. The zero-order valence-corrected chi connectivity index (χ0v) is 11.9. The fourth-order valence-corrected chi connectivity index (χ4v) is 2.56. The van der Waals surface area contributed by atoms with Crippen LogP contribution in [0.4, 0.5) is 5.82 Å². The molecular formula is C9H10ClN5O4S. The SMILES string of the molecule is Cn1cc(CCn2cc(S(=O)(=O)Cl)c([N+](=O)[O-])n2)cn1. The summed E-state index contributed by atoms with van der Waals surface area (Å²) >= 11 is 0. The zero-order chi connectivity index (χ0) is 14.9. The molecule has 0 radical (unpaired) electrons. The number of halogens is 1. The molecular weight excluding hydrogens is 310 g/mol. The van der Waals surface area contributed by atoms with E-state index < -0.39 is 24.7 Å². The van der Waals surface area contributed by atoms with Crippen LogP contribution in [0.3, 0.4) is 0 Å². The van der Waals surface area contributed by atoms with Gasteiger partial charge in [-0.25, -0.2) is 8.42 Å². The fourth-order valence-electron chi connectivity index (χ4n) is 1.65. The van der Waals surface area contributed by atoms with Gasteiger partial charge in [-0.15, -0.1) is 0 Å². The van der Waals surface area contributed by atoms with Crippen LogP contribution in [-0.2, 0) is 29.1 Å². The van der Waals surface area contributed by atoms with E-state index in [4.69, 9.17) is 10.7 Å². The van der Waals surface area contributed by atoms with E-state index in [1.165, 1.54) is 4.68 Å². The molecule has 0 aromatic carbocycles. The molecule has 0 saturated carbocycles. The summed E-state index contributed by atoms with van der Waals surface area (Å²) < 4.78 is 25.3. The van der Waals surface area contributed by atoms with Gasteiger partial charge < -0.3 is 10.1 Å². The first-order valence-electron chi connectivity index (χ1n) is 5.41. The van der Waals surface area contributed by atoms with Crippen LogP contribution in [0.25, 0.3) is 0 Å². The van der Waals surface area contributed by atoms with Gasteiger partial charge in [-0.3, -0.25) is 4.68 Å². The van der Waals surface area contributed by atoms with E-state index in [9.17, 15) is 18.5 Å². The third kappa shape index (κ3) is 3.14. The second-order valence-corrected chi connectivity index (χ2v) is 6.58. The van der Waals surface area contributed by atoms with Crippen molar-refractivity contribution in [1.29, 1.82) is 0 Å². The molecule has 9 nitrogen and oxygen atoms in total. The smallest absolute Gasteiger partial charge is 0.358 e. The van der Waals surface area contributed by atoms with Crippen molar-refractivity contribution in [3.05, 3.63) is 34.3 Å². The fraction of sp³-hybridized carbons (Fsp3) is 0.333. The summed E-state index contributed by atoms with van der Waals surface area (Å²) in [5.74, 6) is -0.772. The summed E-state index contributed by atoms with van der Waals surface area (Å²) in [4.78, 5) is 9.27. The van der Waals surface area contributed by atoms with Crippen LogP contribution < -0.4 is 0 Å². The van der Waals surface area contributed by atoms with E-state index in [1.807, 2.05) is 0 Å². The van der Waals surface area contributed by atoms with E-state index in [2.05, 4.69) is 10.2 Å². The maximum Gasteiger partial charge on any atom is 0.410 e. The lowest BCUT2D eigenvalue weighted by atomic mass is 10.2. The Morgan fingerprint density at radius 2 is 2.15 bits per heavy atom. The van der Waals surface area contributed by atoms with E-state index >= 15 is 0 Å². The number of aryl methyl sites for hydroxylation is 3. The van der Waals surface area contributed by atoms with Crippen LogP contribution in [0, 0.1) is 10.1 Å². The molecule has 0 amide bonds. The van der Waals surface area contributed by atoms with Crippen LogP contribution in [0.1, 0.15) is 5.56 Å². The van der Waals surface area contributed by atoms with E-state index in [1.54, 1.807) is 24.1 Å². The molecule has 0 unspecified atom stereocenters. The highest BCUT2D eigenvalue weighted by molar-refractivity contribution is 8.13. The summed E-state index contributed by atoms with van der Waals surface area (Å²) in [5.41, 5.74) is 0.904. The second kappa shape index (κ2) is 5.21. The molecule has 2 heterocycles. The Morgan fingerprint density at radius 1 is 1.45 bits per heavy atom. The van der Waals surface area contributed by atoms with Crippen molar-refractivity contribution in [2.45, 2.75) is 17.9 Å². The van der Waals surface area contributed by atoms with Crippen molar-refractivity contribution < 1.29 is 13.3 Å². The van der Waals surface area contributed by atoms with Gasteiger partial charge in [-0.2, -0.15) is 9.78 Å². The van der Waals surface area contributed by atoms with Crippen molar-refractivity contribution in [3.8, 4) is 0 Å². The third-order valence-electron chi connectivity index (χ3n) is 2.53. The lowest BCUT2D eigenvalue weighted by molar-refractivity contribution is -0.392. The standard InChI is InChI=1S/C9H10ClN5O4S/c1-13-5-7(4-11-13)2-3-14-6-8(20(10,18)19)9(12-14)15(16)17/h4-6H,2-3H2,1H3. The molecule has 0 spiro atoms. The van der Waals surface area contributed by atoms with Crippen LogP contribution >= 0.6 is 10.7 Å². The molecule has 11 heteroatoms. The van der Waals surface area contributed by atoms with E-state index in [-0.39, 0.29) is 6.54 Å². The number of hydrogen-bond acceptors (Lipinski definition) is 6. The van der Waals surface area contributed by atoms with Crippen molar-refractivity contribution in [2.75, 3.05) is 0 Å². The zero-order valence-electron chi connectivity index (χ0n) is 10.3. The van der Waals surface area contributed by atoms with Crippen LogP contribution in [0.5, 0.6) is 0 Å². The minimum atomic E-state index is -4.21. The first kappa shape index (κ1) is 14.5. The van der Waals surface area contributed by atoms with Gasteiger partial charge in [0.05, 0.1) is 24.0 Å².